The summed E-state index contributed by atoms with van der Waals surface area (Å²) in [4.78, 5) is 17.7. The lowest BCUT2D eigenvalue weighted by Crippen LogP contribution is -2.31. The van der Waals surface area contributed by atoms with E-state index in [0.717, 1.165) is 49.6 Å². The molecule has 26 heavy (non-hydrogen) atoms. The number of aliphatic carboxylic acids is 1. The zero-order chi connectivity index (χ0) is 17.9. The predicted molar refractivity (Wildman–Crippen MR) is 99.7 cm³/mol. The first kappa shape index (κ1) is 16.9. The van der Waals surface area contributed by atoms with E-state index in [1.165, 1.54) is 17.5 Å². The number of hydrogen-bond acceptors (Lipinski definition) is 4. The highest BCUT2D eigenvalue weighted by molar-refractivity contribution is 5.67. The van der Waals surface area contributed by atoms with Crippen LogP contribution in [-0.4, -0.2) is 28.7 Å². The minimum Gasteiger partial charge on any atom is -0.481 e. The van der Waals surface area contributed by atoms with Gasteiger partial charge < -0.3 is 14.7 Å². The molecule has 1 fully saturated rings. The third-order valence-corrected chi connectivity index (χ3v) is 5.28. The largest absolute Gasteiger partial charge is 0.481 e. The Labute approximate surface area is 153 Å². The standard InChI is InChI=1S/C21H24N2O3/c24-21(25)10-8-15-7-9-17-14-23(12-11-16(17)13-15)19-5-2-6-20(22-19)26-18-3-1-4-18/h2,5-7,9,13,18H,1,3-4,8,10-12,14H2,(H,24,25). The van der Waals surface area contributed by atoms with Crippen molar-refractivity contribution in [1.82, 2.24) is 4.98 Å². The van der Waals surface area contributed by atoms with Crippen molar-refractivity contribution < 1.29 is 14.6 Å². The van der Waals surface area contributed by atoms with Crippen LogP contribution in [0.25, 0.3) is 0 Å². The van der Waals surface area contributed by atoms with Crippen molar-refractivity contribution in [2.45, 2.75) is 51.2 Å². The Bertz CT molecular complexity index is 802. The maximum Gasteiger partial charge on any atom is 0.303 e. The number of carboxylic acids is 1. The first-order valence-electron chi connectivity index (χ1n) is 9.38. The molecule has 1 saturated carbocycles. The van der Waals surface area contributed by atoms with Gasteiger partial charge in [-0.1, -0.05) is 24.3 Å². The zero-order valence-electron chi connectivity index (χ0n) is 14.9. The van der Waals surface area contributed by atoms with E-state index in [1.54, 1.807) is 0 Å². The highest BCUT2D eigenvalue weighted by atomic mass is 16.5. The van der Waals surface area contributed by atoms with Gasteiger partial charge in [0, 0.05) is 25.6 Å². The van der Waals surface area contributed by atoms with Gasteiger partial charge in [-0.25, -0.2) is 0 Å². The number of carbonyl (C=O) groups is 1. The second kappa shape index (κ2) is 7.36. The molecule has 1 aromatic carbocycles. The van der Waals surface area contributed by atoms with Gasteiger partial charge in [0.15, 0.2) is 0 Å². The van der Waals surface area contributed by atoms with E-state index in [2.05, 4.69) is 23.1 Å². The van der Waals surface area contributed by atoms with Crippen LogP contribution < -0.4 is 9.64 Å². The van der Waals surface area contributed by atoms with Crippen molar-refractivity contribution in [3.63, 3.8) is 0 Å². The molecule has 5 heteroatoms. The van der Waals surface area contributed by atoms with E-state index in [9.17, 15) is 4.79 Å². The minimum absolute atomic E-state index is 0.183. The van der Waals surface area contributed by atoms with E-state index in [-0.39, 0.29) is 6.42 Å². The zero-order valence-corrected chi connectivity index (χ0v) is 14.9. The molecule has 0 amide bonds. The molecule has 0 unspecified atom stereocenters. The SMILES string of the molecule is O=C(O)CCc1ccc2c(c1)CCN(c1cccc(OC3CCC3)n1)C2. The Hall–Kier alpha value is -2.56. The molecule has 1 aliphatic carbocycles. The normalized spacial score (nSPS) is 16.7. The van der Waals surface area contributed by atoms with Crippen LogP contribution in [0.3, 0.4) is 0 Å². The predicted octanol–water partition coefficient (Wildman–Crippen LogP) is 3.59. The molecule has 1 aliphatic heterocycles. The van der Waals surface area contributed by atoms with Crippen LogP contribution in [0.5, 0.6) is 5.88 Å². The number of anilines is 1. The summed E-state index contributed by atoms with van der Waals surface area (Å²) < 4.78 is 5.93. The summed E-state index contributed by atoms with van der Waals surface area (Å²) >= 11 is 0. The van der Waals surface area contributed by atoms with Crippen molar-refractivity contribution in [3.05, 3.63) is 53.1 Å². The first-order chi connectivity index (χ1) is 12.7. The summed E-state index contributed by atoms with van der Waals surface area (Å²) in [7, 11) is 0. The summed E-state index contributed by atoms with van der Waals surface area (Å²) in [6, 6.07) is 12.3. The van der Waals surface area contributed by atoms with E-state index >= 15 is 0 Å². The number of pyridine rings is 1. The Balaban J connectivity index is 1.44. The van der Waals surface area contributed by atoms with E-state index in [0.29, 0.717) is 12.5 Å². The van der Waals surface area contributed by atoms with Crippen LogP contribution in [0, 0.1) is 0 Å². The second-order valence-corrected chi connectivity index (χ2v) is 7.17. The molecule has 1 N–H and O–H groups in total. The fraction of sp³-hybridized carbons (Fsp3) is 0.429. The Morgan fingerprint density at radius 2 is 2.12 bits per heavy atom. The van der Waals surface area contributed by atoms with Gasteiger partial charge in [0.25, 0.3) is 0 Å². The average molecular weight is 352 g/mol. The molecular formula is C21H24N2O3. The summed E-state index contributed by atoms with van der Waals surface area (Å²) in [6.45, 7) is 1.74. The lowest BCUT2D eigenvalue weighted by atomic mass is 9.95. The van der Waals surface area contributed by atoms with Gasteiger partial charge in [0.2, 0.25) is 5.88 Å². The first-order valence-corrected chi connectivity index (χ1v) is 9.38. The van der Waals surface area contributed by atoms with Crippen molar-refractivity contribution in [2.24, 2.45) is 0 Å². The third kappa shape index (κ3) is 3.82. The number of nitrogens with zero attached hydrogens (tertiary/aromatic N) is 2. The molecule has 2 aliphatic rings. The Morgan fingerprint density at radius 3 is 2.88 bits per heavy atom. The van der Waals surface area contributed by atoms with Gasteiger partial charge in [-0.05, 0) is 54.9 Å². The van der Waals surface area contributed by atoms with E-state index in [1.807, 2.05) is 18.2 Å². The highest BCUT2D eigenvalue weighted by Gasteiger charge is 2.21. The van der Waals surface area contributed by atoms with Crippen LogP contribution >= 0.6 is 0 Å². The van der Waals surface area contributed by atoms with Crippen LogP contribution in [0.4, 0.5) is 5.82 Å². The maximum absolute atomic E-state index is 10.8. The second-order valence-electron chi connectivity index (χ2n) is 7.17. The number of benzene rings is 1. The summed E-state index contributed by atoms with van der Waals surface area (Å²) in [5, 5.41) is 8.85. The smallest absolute Gasteiger partial charge is 0.303 e. The van der Waals surface area contributed by atoms with Crippen LogP contribution in [0.1, 0.15) is 42.4 Å². The van der Waals surface area contributed by atoms with Gasteiger partial charge in [-0.3, -0.25) is 4.79 Å². The maximum atomic E-state index is 10.8. The average Bonchev–Trinajstić information content (AvgIpc) is 2.63. The molecule has 0 radical (unpaired) electrons. The van der Waals surface area contributed by atoms with Crippen LogP contribution in [0.2, 0.25) is 0 Å². The third-order valence-electron chi connectivity index (χ3n) is 5.28. The number of ether oxygens (including phenoxy) is 1. The molecule has 1 aromatic heterocycles. The van der Waals surface area contributed by atoms with Crippen LogP contribution in [0.15, 0.2) is 36.4 Å². The van der Waals surface area contributed by atoms with Gasteiger partial charge >= 0.3 is 5.97 Å². The van der Waals surface area contributed by atoms with Crippen molar-refractivity contribution >= 4 is 11.8 Å². The molecular weight excluding hydrogens is 328 g/mol. The monoisotopic (exact) mass is 352 g/mol. The topological polar surface area (TPSA) is 62.7 Å². The molecule has 2 aromatic rings. The number of carboxylic acid groups (broad SMARTS) is 1. The molecule has 0 saturated heterocycles. The van der Waals surface area contributed by atoms with Gasteiger partial charge in [0.05, 0.1) is 0 Å². The van der Waals surface area contributed by atoms with E-state index in [4.69, 9.17) is 14.8 Å². The van der Waals surface area contributed by atoms with Gasteiger partial charge in [-0.2, -0.15) is 4.98 Å². The fourth-order valence-corrected chi connectivity index (χ4v) is 3.51. The Kier molecular flexibility index (Phi) is 4.78. The number of aryl methyl sites for hydroxylation is 1. The molecule has 136 valence electrons. The Morgan fingerprint density at radius 1 is 1.23 bits per heavy atom. The lowest BCUT2D eigenvalue weighted by molar-refractivity contribution is -0.136. The van der Waals surface area contributed by atoms with E-state index < -0.39 is 5.97 Å². The molecule has 0 bridgehead atoms. The molecule has 5 nitrogen and oxygen atoms in total. The number of rotatable bonds is 6. The van der Waals surface area contributed by atoms with Gasteiger partial charge in [-0.15, -0.1) is 0 Å². The molecule has 2 heterocycles. The number of fused-ring (bicyclic) bond motifs is 1. The summed E-state index contributed by atoms with van der Waals surface area (Å²) in [5.74, 6) is 0.938. The molecule has 0 atom stereocenters. The van der Waals surface area contributed by atoms with Crippen molar-refractivity contribution in [2.75, 3.05) is 11.4 Å². The highest BCUT2D eigenvalue weighted by Crippen LogP contribution is 2.28. The van der Waals surface area contributed by atoms with Gasteiger partial charge in [0.1, 0.15) is 11.9 Å². The molecule has 4 rings (SSSR count). The molecule has 0 spiro atoms. The van der Waals surface area contributed by atoms with Crippen molar-refractivity contribution in [1.29, 1.82) is 0 Å². The fourth-order valence-electron chi connectivity index (χ4n) is 3.51. The minimum atomic E-state index is -0.746. The number of aromatic nitrogens is 1. The lowest BCUT2D eigenvalue weighted by Gasteiger charge is -2.31. The van der Waals surface area contributed by atoms with Crippen molar-refractivity contribution in [3.8, 4) is 5.88 Å². The van der Waals surface area contributed by atoms with Crippen LogP contribution in [-0.2, 0) is 24.2 Å². The number of hydrogen-bond donors (Lipinski definition) is 1. The summed E-state index contributed by atoms with van der Waals surface area (Å²) in [6.07, 6.45) is 5.58. The quantitative estimate of drug-likeness (QED) is 0.861. The summed E-state index contributed by atoms with van der Waals surface area (Å²) in [5.41, 5.74) is 3.72.